The SMILES string of the molecule is CCCC(NC(=O)[C@@H]1C[C@@H](OCc2ccccc2)CN1C(=O)C(CCCNC(=O)C1CCCCC1C(=O)O)NC(=O)OCC(C)C)C(=O)C(=O)NCC(=O)N[C@H](C(N)=O)c1ccccc1. The highest BCUT2D eigenvalue weighted by molar-refractivity contribution is 6.38. The van der Waals surface area contributed by atoms with Crippen LogP contribution in [0.2, 0.25) is 0 Å². The van der Waals surface area contributed by atoms with E-state index < -0.39 is 102 Å². The van der Waals surface area contributed by atoms with Crippen molar-refractivity contribution in [3.8, 4) is 0 Å². The smallest absolute Gasteiger partial charge is 0.407 e. The molecule has 7 atom stereocenters. The van der Waals surface area contributed by atoms with Crippen molar-refractivity contribution in [2.24, 2.45) is 23.5 Å². The molecule has 2 fully saturated rings. The zero-order chi connectivity index (χ0) is 47.5. The molecule has 7 amide bonds. The van der Waals surface area contributed by atoms with Gasteiger partial charge in [0.15, 0.2) is 0 Å². The standard InChI is InChI=1S/C46H63N7O12/c1-4-14-34(39(55)43(59)49-24-37(54)52-38(40(47)56)30-17-9-6-10-18-30)50-42(58)36-23-31(64-27-29-15-7-5-8-16-29)25-53(36)44(60)35(51-46(63)65-26-28(2)3)21-13-22-48-41(57)32-19-11-12-20-33(32)45(61)62/h5-10,15-18,28,31-36,38H,4,11-14,19-27H2,1-3H3,(H2,47,56)(H,48,57)(H,49,59)(H,50,58)(H,51,63)(H,52,54)(H,61,62)/t31-,32?,33?,34?,35?,36+,38+/m1/s1. The number of primary amides is 1. The third kappa shape index (κ3) is 16.0. The minimum Gasteiger partial charge on any atom is -0.481 e. The van der Waals surface area contributed by atoms with Crippen molar-refractivity contribution >= 4 is 53.3 Å². The Labute approximate surface area is 378 Å². The number of carboxylic acid groups (broad SMARTS) is 1. The molecule has 1 saturated carbocycles. The number of amides is 7. The second-order valence-electron chi connectivity index (χ2n) is 16.8. The number of carbonyl (C=O) groups excluding carboxylic acids is 8. The molecule has 2 aromatic rings. The number of rotatable bonds is 24. The van der Waals surface area contributed by atoms with Gasteiger partial charge in [-0.2, -0.15) is 0 Å². The van der Waals surface area contributed by atoms with E-state index in [1.165, 1.54) is 4.90 Å². The fourth-order valence-corrected chi connectivity index (χ4v) is 7.88. The Morgan fingerprint density at radius 2 is 1.48 bits per heavy atom. The Morgan fingerprint density at radius 3 is 2.11 bits per heavy atom. The summed E-state index contributed by atoms with van der Waals surface area (Å²) in [4.78, 5) is 119. The number of alkyl carbamates (subject to hydrolysis) is 1. The first kappa shape index (κ1) is 51.3. The number of aliphatic carboxylic acids is 1. The Balaban J connectivity index is 1.48. The van der Waals surface area contributed by atoms with Gasteiger partial charge in [0.05, 0.1) is 43.7 Å². The first-order chi connectivity index (χ1) is 31.1. The summed E-state index contributed by atoms with van der Waals surface area (Å²) in [6, 6.07) is 12.4. The number of nitrogens with zero attached hydrogens (tertiary/aromatic N) is 1. The highest BCUT2D eigenvalue weighted by Gasteiger charge is 2.44. The zero-order valence-electron chi connectivity index (χ0n) is 37.3. The molecule has 2 aliphatic rings. The molecule has 1 aliphatic carbocycles. The van der Waals surface area contributed by atoms with E-state index in [1.54, 1.807) is 37.3 Å². The fraction of sp³-hybridized carbons (Fsp3) is 0.543. The average Bonchev–Trinajstić information content (AvgIpc) is 3.74. The number of likely N-dealkylation sites (tertiary alicyclic amines) is 1. The quantitative estimate of drug-likeness (QED) is 0.0589. The third-order valence-corrected chi connectivity index (χ3v) is 11.3. The summed E-state index contributed by atoms with van der Waals surface area (Å²) in [7, 11) is 0. The summed E-state index contributed by atoms with van der Waals surface area (Å²) in [6.07, 6.45) is 1.34. The number of ether oxygens (including phenoxy) is 2. The van der Waals surface area contributed by atoms with Gasteiger partial charge in [0.1, 0.15) is 18.1 Å². The van der Waals surface area contributed by atoms with Crippen molar-refractivity contribution < 1.29 is 57.7 Å². The average molecular weight is 906 g/mol. The van der Waals surface area contributed by atoms with Crippen LogP contribution in [0.15, 0.2) is 60.7 Å². The Hall–Kier alpha value is -6.37. The van der Waals surface area contributed by atoms with Crippen molar-refractivity contribution in [3.05, 3.63) is 71.8 Å². The lowest BCUT2D eigenvalue weighted by atomic mass is 9.78. The van der Waals surface area contributed by atoms with Gasteiger partial charge in [0.25, 0.3) is 5.91 Å². The second-order valence-corrected chi connectivity index (χ2v) is 16.8. The molecular weight excluding hydrogens is 843 g/mol. The monoisotopic (exact) mass is 905 g/mol. The number of hydrogen-bond donors (Lipinski definition) is 7. The normalized spacial score (nSPS) is 19.5. The highest BCUT2D eigenvalue weighted by Crippen LogP contribution is 2.30. The summed E-state index contributed by atoms with van der Waals surface area (Å²) in [5, 5.41) is 22.4. The van der Waals surface area contributed by atoms with Crippen molar-refractivity contribution in [1.29, 1.82) is 0 Å². The molecule has 1 heterocycles. The van der Waals surface area contributed by atoms with Crippen LogP contribution in [0, 0.1) is 17.8 Å². The minimum atomic E-state index is -1.35. The van der Waals surface area contributed by atoms with Crippen molar-refractivity contribution in [2.75, 3.05) is 26.2 Å². The summed E-state index contributed by atoms with van der Waals surface area (Å²) < 4.78 is 11.5. The molecule has 8 N–H and O–H groups in total. The number of carbonyl (C=O) groups is 9. The van der Waals surface area contributed by atoms with Gasteiger partial charge in [-0.1, -0.05) is 101 Å². The van der Waals surface area contributed by atoms with Gasteiger partial charge < -0.3 is 51.8 Å². The van der Waals surface area contributed by atoms with Crippen LogP contribution in [0.3, 0.4) is 0 Å². The lowest BCUT2D eigenvalue weighted by molar-refractivity contribution is -0.148. The summed E-state index contributed by atoms with van der Waals surface area (Å²) in [5.74, 6) is -8.19. The van der Waals surface area contributed by atoms with Crippen LogP contribution in [-0.4, -0.2) is 114 Å². The maximum atomic E-state index is 14.5. The number of hydrogen-bond acceptors (Lipinski definition) is 11. The number of Topliss-reactive ketones (excluding diaryl/α,β-unsaturated/α-hetero) is 1. The number of ketones is 1. The van der Waals surface area contributed by atoms with E-state index in [9.17, 15) is 48.3 Å². The van der Waals surface area contributed by atoms with Crippen molar-refractivity contribution in [1.82, 2.24) is 31.5 Å². The maximum absolute atomic E-state index is 14.5. The van der Waals surface area contributed by atoms with E-state index in [1.807, 2.05) is 44.2 Å². The van der Waals surface area contributed by atoms with Crippen LogP contribution in [0.1, 0.15) is 95.7 Å². The second kappa shape index (κ2) is 25.8. The molecule has 19 nitrogen and oxygen atoms in total. The Morgan fingerprint density at radius 1 is 0.815 bits per heavy atom. The van der Waals surface area contributed by atoms with Crippen LogP contribution < -0.4 is 32.3 Å². The summed E-state index contributed by atoms with van der Waals surface area (Å²) in [5.41, 5.74) is 6.74. The Bertz CT molecular complexity index is 1970. The van der Waals surface area contributed by atoms with E-state index >= 15 is 0 Å². The lowest BCUT2D eigenvalue weighted by Gasteiger charge is -2.30. The number of nitrogens with two attached hydrogens (primary N) is 1. The van der Waals surface area contributed by atoms with E-state index in [0.29, 0.717) is 24.8 Å². The lowest BCUT2D eigenvalue weighted by Crippen LogP contribution is -2.56. The number of nitrogens with one attached hydrogen (secondary N) is 5. The van der Waals surface area contributed by atoms with Crippen LogP contribution >= 0.6 is 0 Å². The van der Waals surface area contributed by atoms with E-state index in [4.69, 9.17) is 15.2 Å². The highest BCUT2D eigenvalue weighted by atomic mass is 16.5. The molecule has 0 aromatic heterocycles. The zero-order valence-corrected chi connectivity index (χ0v) is 37.3. The van der Waals surface area contributed by atoms with E-state index in [0.717, 1.165) is 18.4 Å². The molecule has 4 rings (SSSR count). The van der Waals surface area contributed by atoms with Crippen LogP contribution in [0.5, 0.6) is 0 Å². The van der Waals surface area contributed by atoms with Gasteiger partial charge in [-0.25, -0.2) is 4.79 Å². The predicted molar refractivity (Wildman–Crippen MR) is 235 cm³/mol. The molecule has 0 bridgehead atoms. The fourth-order valence-electron chi connectivity index (χ4n) is 7.88. The van der Waals surface area contributed by atoms with Gasteiger partial charge >= 0.3 is 12.1 Å². The Kier molecular flexibility index (Phi) is 20.4. The van der Waals surface area contributed by atoms with E-state index in [-0.39, 0.29) is 57.9 Å². The molecule has 0 radical (unpaired) electrons. The van der Waals surface area contributed by atoms with Gasteiger partial charge in [-0.05, 0) is 49.1 Å². The first-order valence-corrected chi connectivity index (χ1v) is 22.2. The topological polar surface area (TPSA) is 282 Å². The molecule has 65 heavy (non-hydrogen) atoms. The van der Waals surface area contributed by atoms with Crippen LogP contribution in [0.25, 0.3) is 0 Å². The molecule has 4 unspecified atom stereocenters. The molecular formula is C46H63N7O12. The molecule has 2 aromatic carbocycles. The number of carboxylic acids is 1. The number of benzene rings is 2. The van der Waals surface area contributed by atoms with Crippen molar-refractivity contribution in [2.45, 2.75) is 115 Å². The minimum absolute atomic E-state index is 0.000470. The molecule has 1 aliphatic heterocycles. The van der Waals surface area contributed by atoms with E-state index in [2.05, 4.69) is 26.6 Å². The molecule has 19 heteroatoms. The molecule has 1 saturated heterocycles. The maximum Gasteiger partial charge on any atom is 0.407 e. The largest absolute Gasteiger partial charge is 0.481 e. The third-order valence-electron chi connectivity index (χ3n) is 11.3. The van der Waals surface area contributed by atoms with Gasteiger partial charge in [0, 0.05) is 19.5 Å². The molecule has 0 spiro atoms. The van der Waals surface area contributed by atoms with Gasteiger partial charge in [-0.15, -0.1) is 0 Å². The molecule has 354 valence electrons. The van der Waals surface area contributed by atoms with Crippen LogP contribution in [-0.2, 0) is 54.4 Å². The summed E-state index contributed by atoms with van der Waals surface area (Å²) in [6.45, 7) is 4.96. The first-order valence-electron chi connectivity index (χ1n) is 22.2. The van der Waals surface area contributed by atoms with Gasteiger partial charge in [0.2, 0.25) is 35.3 Å². The predicted octanol–water partition coefficient (Wildman–Crippen LogP) is 2.02. The summed E-state index contributed by atoms with van der Waals surface area (Å²) >= 11 is 0. The van der Waals surface area contributed by atoms with Crippen LogP contribution in [0.4, 0.5) is 4.79 Å². The van der Waals surface area contributed by atoms with Gasteiger partial charge in [-0.3, -0.25) is 38.4 Å². The van der Waals surface area contributed by atoms with Crippen molar-refractivity contribution in [3.63, 3.8) is 0 Å².